The van der Waals surface area contributed by atoms with Crippen molar-refractivity contribution in [2.24, 2.45) is 5.73 Å². The van der Waals surface area contributed by atoms with Crippen molar-refractivity contribution in [2.45, 2.75) is 23.8 Å². The Bertz CT molecular complexity index is 327. The minimum atomic E-state index is 0.317. The van der Waals surface area contributed by atoms with Crippen LogP contribution in [0, 0.1) is 0 Å². The summed E-state index contributed by atoms with van der Waals surface area (Å²) in [7, 11) is 1.70. The summed E-state index contributed by atoms with van der Waals surface area (Å²) in [5.74, 6) is 2.05. The van der Waals surface area contributed by atoms with Crippen LogP contribution in [0.15, 0.2) is 23.1 Å². The first kappa shape index (κ1) is 9.87. The van der Waals surface area contributed by atoms with E-state index in [0.717, 1.165) is 24.3 Å². The molecule has 0 radical (unpaired) electrons. The van der Waals surface area contributed by atoms with Gasteiger partial charge in [-0.15, -0.1) is 11.8 Å². The van der Waals surface area contributed by atoms with Crippen molar-refractivity contribution < 1.29 is 4.74 Å². The molecule has 2 N–H and O–H groups in total. The van der Waals surface area contributed by atoms with Crippen LogP contribution >= 0.6 is 11.8 Å². The van der Waals surface area contributed by atoms with Crippen molar-refractivity contribution in [3.05, 3.63) is 23.8 Å². The van der Waals surface area contributed by atoms with E-state index in [-0.39, 0.29) is 0 Å². The van der Waals surface area contributed by atoms with Crippen LogP contribution in [0.5, 0.6) is 5.75 Å². The minimum absolute atomic E-state index is 0.317. The molecule has 0 spiro atoms. The number of ether oxygens (including phenoxy) is 1. The highest BCUT2D eigenvalue weighted by Crippen LogP contribution is 2.31. The van der Waals surface area contributed by atoms with Crippen LogP contribution in [0.1, 0.15) is 12.0 Å². The monoisotopic (exact) mass is 209 g/mol. The Morgan fingerprint density at radius 2 is 2.36 bits per heavy atom. The second-order valence-corrected chi connectivity index (χ2v) is 4.71. The van der Waals surface area contributed by atoms with Gasteiger partial charge in [0.2, 0.25) is 0 Å². The molecule has 1 aliphatic heterocycles. The Morgan fingerprint density at radius 3 is 3.14 bits per heavy atom. The lowest BCUT2D eigenvalue weighted by Crippen LogP contribution is -2.22. The first-order valence-corrected chi connectivity index (χ1v) is 5.83. The fourth-order valence-electron chi connectivity index (χ4n) is 1.67. The van der Waals surface area contributed by atoms with Crippen molar-refractivity contribution in [2.75, 3.05) is 12.9 Å². The van der Waals surface area contributed by atoms with E-state index in [1.54, 1.807) is 7.11 Å². The highest BCUT2D eigenvalue weighted by molar-refractivity contribution is 7.99. The normalized spacial score (nSPS) is 21.1. The molecule has 1 aliphatic rings. The molecule has 1 aromatic rings. The summed E-state index contributed by atoms with van der Waals surface area (Å²) in [6.45, 7) is 0. The van der Waals surface area contributed by atoms with Gasteiger partial charge < -0.3 is 10.5 Å². The summed E-state index contributed by atoms with van der Waals surface area (Å²) in [4.78, 5) is 1.33. The second-order valence-electron chi connectivity index (χ2n) is 3.57. The molecule has 1 atom stereocenters. The van der Waals surface area contributed by atoms with Crippen LogP contribution < -0.4 is 10.5 Å². The fourth-order valence-corrected chi connectivity index (χ4v) is 2.85. The van der Waals surface area contributed by atoms with Gasteiger partial charge in [-0.05, 0) is 36.3 Å². The van der Waals surface area contributed by atoms with E-state index in [0.29, 0.717) is 6.04 Å². The zero-order chi connectivity index (χ0) is 9.97. The van der Waals surface area contributed by atoms with Crippen LogP contribution in [0.3, 0.4) is 0 Å². The van der Waals surface area contributed by atoms with Crippen molar-refractivity contribution in [1.82, 2.24) is 0 Å². The maximum absolute atomic E-state index is 5.98. The Balaban J connectivity index is 2.31. The van der Waals surface area contributed by atoms with Gasteiger partial charge in [-0.3, -0.25) is 0 Å². The van der Waals surface area contributed by atoms with E-state index in [9.17, 15) is 0 Å². The number of benzene rings is 1. The Labute approximate surface area is 88.8 Å². The molecule has 0 bridgehead atoms. The first-order chi connectivity index (χ1) is 6.79. The molecule has 1 heterocycles. The van der Waals surface area contributed by atoms with Crippen LogP contribution in [0.25, 0.3) is 0 Å². The standard InChI is InChI=1S/C11H15NOS/c1-13-10-3-2-8-6-9(12)4-5-14-11(8)7-10/h2-3,7,9H,4-6,12H2,1H3. The lowest BCUT2D eigenvalue weighted by atomic mass is 10.0. The van der Waals surface area contributed by atoms with Gasteiger partial charge in [-0.2, -0.15) is 0 Å². The van der Waals surface area contributed by atoms with E-state index in [2.05, 4.69) is 12.1 Å². The number of hydrogen-bond donors (Lipinski definition) is 1. The van der Waals surface area contributed by atoms with Crippen molar-refractivity contribution >= 4 is 11.8 Å². The number of hydrogen-bond acceptors (Lipinski definition) is 3. The summed E-state index contributed by atoms with van der Waals surface area (Å²) in [6, 6.07) is 6.57. The summed E-state index contributed by atoms with van der Waals surface area (Å²) < 4.78 is 5.20. The van der Waals surface area contributed by atoms with E-state index in [1.165, 1.54) is 10.5 Å². The molecular weight excluding hydrogens is 194 g/mol. The first-order valence-electron chi connectivity index (χ1n) is 4.85. The predicted molar refractivity (Wildman–Crippen MR) is 60.0 cm³/mol. The van der Waals surface area contributed by atoms with Gasteiger partial charge in [0, 0.05) is 10.9 Å². The van der Waals surface area contributed by atoms with Crippen molar-refractivity contribution in [1.29, 1.82) is 0 Å². The third-order valence-corrected chi connectivity index (χ3v) is 3.63. The molecular formula is C11H15NOS. The number of methoxy groups -OCH3 is 1. The van der Waals surface area contributed by atoms with E-state index in [1.807, 2.05) is 17.8 Å². The lowest BCUT2D eigenvalue weighted by Gasteiger charge is -2.09. The van der Waals surface area contributed by atoms with Gasteiger partial charge in [0.1, 0.15) is 5.75 Å². The molecule has 1 unspecified atom stereocenters. The molecule has 1 aromatic carbocycles. The molecule has 0 aromatic heterocycles. The molecule has 0 fully saturated rings. The largest absolute Gasteiger partial charge is 0.497 e. The topological polar surface area (TPSA) is 35.2 Å². The SMILES string of the molecule is COc1ccc2c(c1)SCCC(N)C2. The highest BCUT2D eigenvalue weighted by atomic mass is 32.2. The fraction of sp³-hybridized carbons (Fsp3) is 0.455. The van der Waals surface area contributed by atoms with Gasteiger partial charge in [0.25, 0.3) is 0 Å². The average Bonchev–Trinajstić information content (AvgIpc) is 2.37. The van der Waals surface area contributed by atoms with E-state index < -0.39 is 0 Å². The van der Waals surface area contributed by atoms with Gasteiger partial charge >= 0.3 is 0 Å². The van der Waals surface area contributed by atoms with Crippen LogP contribution in [-0.4, -0.2) is 18.9 Å². The number of nitrogens with two attached hydrogens (primary N) is 1. The molecule has 0 saturated carbocycles. The Hall–Kier alpha value is -0.670. The van der Waals surface area contributed by atoms with Gasteiger partial charge in [0.15, 0.2) is 0 Å². The summed E-state index contributed by atoms with van der Waals surface area (Å²) in [6.07, 6.45) is 2.09. The summed E-state index contributed by atoms with van der Waals surface area (Å²) >= 11 is 1.88. The van der Waals surface area contributed by atoms with Crippen molar-refractivity contribution in [3.8, 4) is 5.75 Å². The highest BCUT2D eigenvalue weighted by Gasteiger charge is 2.14. The molecule has 2 nitrogen and oxygen atoms in total. The molecule has 0 aliphatic carbocycles. The van der Waals surface area contributed by atoms with E-state index >= 15 is 0 Å². The zero-order valence-electron chi connectivity index (χ0n) is 8.32. The number of fused-ring (bicyclic) bond motifs is 1. The molecule has 0 saturated heterocycles. The van der Waals surface area contributed by atoms with E-state index in [4.69, 9.17) is 10.5 Å². The third-order valence-electron chi connectivity index (χ3n) is 2.50. The van der Waals surface area contributed by atoms with Crippen LogP contribution in [0.4, 0.5) is 0 Å². The van der Waals surface area contributed by atoms with Crippen LogP contribution in [0.2, 0.25) is 0 Å². The van der Waals surface area contributed by atoms with Crippen LogP contribution in [-0.2, 0) is 6.42 Å². The van der Waals surface area contributed by atoms with Crippen molar-refractivity contribution in [3.63, 3.8) is 0 Å². The maximum atomic E-state index is 5.98. The quantitative estimate of drug-likeness (QED) is 0.769. The predicted octanol–water partition coefficient (Wildman–Crippen LogP) is 2.06. The summed E-state index contributed by atoms with van der Waals surface area (Å²) in [5, 5.41) is 0. The minimum Gasteiger partial charge on any atom is -0.497 e. The number of thioether (sulfide) groups is 1. The third kappa shape index (κ3) is 2.04. The molecule has 3 heteroatoms. The Kier molecular flexibility index (Phi) is 2.99. The van der Waals surface area contributed by atoms with Gasteiger partial charge in [0.05, 0.1) is 7.11 Å². The molecule has 14 heavy (non-hydrogen) atoms. The van der Waals surface area contributed by atoms with Gasteiger partial charge in [-0.25, -0.2) is 0 Å². The number of rotatable bonds is 1. The average molecular weight is 209 g/mol. The second kappa shape index (κ2) is 4.24. The summed E-state index contributed by atoms with van der Waals surface area (Å²) in [5.41, 5.74) is 7.34. The maximum Gasteiger partial charge on any atom is 0.119 e. The lowest BCUT2D eigenvalue weighted by molar-refractivity contribution is 0.413. The smallest absolute Gasteiger partial charge is 0.119 e. The molecule has 2 rings (SSSR count). The van der Waals surface area contributed by atoms with Gasteiger partial charge in [-0.1, -0.05) is 6.07 Å². The Morgan fingerprint density at radius 1 is 1.50 bits per heavy atom. The zero-order valence-corrected chi connectivity index (χ0v) is 9.14. The molecule has 76 valence electrons. The molecule has 0 amide bonds.